The molecular weight excluding hydrogens is 280 g/mol. The second-order valence-corrected chi connectivity index (χ2v) is 5.75. The van der Waals surface area contributed by atoms with Crippen LogP contribution < -0.4 is 0 Å². The van der Waals surface area contributed by atoms with Gasteiger partial charge in [0.2, 0.25) is 0 Å². The van der Waals surface area contributed by atoms with Gasteiger partial charge in [0.15, 0.2) is 0 Å². The summed E-state index contributed by atoms with van der Waals surface area (Å²) in [6.45, 7) is 6.46. The molecule has 2 aromatic rings. The van der Waals surface area contributed by atoms with Crippen molar-refractivity contribution in [2.24, 2.45) is 0 Å². The van der Waals surface area contributed by atoms with Crippen LogP contribution in [-0.2, 0) is 19.6 Å². The zero-order valence-electron chi connectivity index (χ0n) is 13.2. The molecule has 0 aliphatic carbocycles. The van der Waals surface area contributed by atoms with Gasteiger partial charge in [-0.2, -0.15) is 0 Å². The topological polar surface area (TPSA) is 54.5 Å². The molecule has 0 aromatic carbocycles. The zero-order valence-corrected chi connectivity index (χ0v) is 13.2. The van der Waals surface area contributed by atoms with Gasteiger partial charge in [0, 0.05) is 26.3 Å². The van der Waals surface area contributed by atoms with Crippen LogP contribution in [0.25, 0.3) is 0 Å². The third-order valence-corrected chi connectivity index (χ3v) is 3.96. The molecule has 0 saturated carbocycles. The predicted molar refractivity (Wildman–Crippen MR) is 82.3 cm³/mol. The molecule has 6 heteroatoms. The minimum atomic E-state index is -0.0691. The third kappa shape index (κ3) is 3.06. The molecule has 0 atom stereocenters. The van der Waals surface area contributed by atoms with E-state index in [1.54, 1.807) is 18.2 Å². The average molecular weight is 302 g/mol. The molecule has 1 aliphatic rings. The first-order chi connectivity index (χ1) is 10.7. The van der Waals surface area contributed by atoms with Crippen LogP contribution in [0.5, 0.6) is 0 Å². The lowest BCUT2D eigenvalue weighted by Gasteiger charge is -2.26. The Morgan fingerprint density at radius 2 is 2.32 bits per heavy atom. The van der Waals surface area contributed by atoms with E-state index in [0.717, 1.165) is 44.2 Å². The van der Waals surface area contributed by atoms with E-state index in [4.69, 9.17) is 4.42 Å². The molecule has 1 amide bonds. The summed E-state index contributed by atoms with van der Waals surface area (Å²) in [4.78, 5) is 21.0. The van der Waals surface area contributed by atoms with Gasteiger partial charge in [0.25, 0.3) is 5.91 Å². The van der Waals surface area contributed by atoms with Crippen molar-refractivity contribution in [2.45, 2.75) is 33.0 Å². The molecule has 0 N–H and O–H groups in total. The van der Waals surface area contributed by atoms with E-state index in [-0.39, 0.29) is 5.91 Å². The molecule has 1 aliphatic heterocycles. The van der Waals surface area contributed by atoms with E-state index in [2.05, 4.69) is 21.4 Å². The van der Waals surface area contributed by atoms with Crippen molar-refractivity contribution in [1.29, 1.82) is 0 Å². The number of furan rings is 1. The van der Waals surface area contributed by atoms with E-state index < -0.39 is 0 Å². The monoisotopic (exact) mass is 302 g/mol. The van der Waals surface area contributed by atoms with Gasteiger partial charge >= 0.3 is 0 Å². The van der Waals surface area contributed by atoms with Crippen molar-refractivity contribution in [3.05, 3.63) is 41.9 Å². The van der Waals surface area contributed by atoms with Crippen LogP contribution >= 0.6 is 0 Å². The van der Waals surface area contributed by atoms with Gasteiger partial charge < -0.3 is 13.9 Å². The molecule has 0 spiro atoms. The second kappa shape index (κ2) is 6.36. The lowest BCUT2D eigenvalue weighted by atomic mass is 10.3. The Bertz CT molecular complexity index is 633. The smallest absolute Gasteiger partial charge is 0.274 e. The Kier molecular flexibility index (Phi) is 4.29. The van der Waals surface area contributed by atoms with Crippen LogP contribution in [-0.4, -0.2) is 45.4 Å². The van der Waals surface area contributed by atoms with E-state index in [1.807, 2.05) is 18.3 Å². The van der Waals surface area contributed by atoms with Crippen LogP contribution in [0.1, 0.15) is 35.4 Å². The number of hydrogen-bond donors (Lipinski definition) is 0. The van der Waals surface area contributed by atoms with E-state index in [9.17, 15) is 4.79 Å². The number of nitrogens with zero attached hydrogens (tertiary/aromatic N) is 4. The zero-order chi connectivity index (χ0) is 15.5. The molecule has 2 aromatic heterocycles. The van der Waals surface area contributed by atoms with Crippen molar-refractivity contribution in [2.75, 3.05) is 20.1 Å². The highest BCUT2D eigenvalue weighted by Crippen LogP contribution is 2.15. The minimum Gasteiger partial charge on any atom is -0.467 e. The van der Waals surface area contributed by atoms with E-state index in [1.165, 1.54) is 0 Å². The first kappa shape index (κ1) is 14.8. The maximum absolute atomic E-state index is 12.5. The highest BCUT2D eigenvalue weighted by molar-refractivity contribution is 5.92. The van der Waals surface area contributed by atoms with Crippen LogP contribution in [0.2, 0.25) is 0 Å². The van der Waals surface area contributed by atoms with Crippen molar-refractivity contribution in [3.63, 3.8) is 0 Å². The van der Waals surface area contributed by atoms with Crippen LogP contribution in [0.4, 0.5) is 0 Å². The summed E-state index contributed by atoms with van der Waals surface area (Å²) in [5.74, 6) is 1.68. The Morgan fingerprint density at radius 3 is 3.05 bits per heavy atom. The minimum absolute atomic E-state index is 0.0691. The van der Waals surface area contributed by atoms with Crippen molar-refractivity contribution < 1.29 is 9.21 Å². The van der Waals surface area contributed by atoms with E-state index in [0.29, 0.717) is 12.2 Å². The predicted octanol–water partition coefficient (Wildman–Crippen LogP) is 1.97. The number of carbonyl (C=O) groups excluding carboxylic acids is 1. The van der Waals surface area contributed by atoms with Crippen molar-refractivity contribution in [1.82, 2.24) is 19.4 Å². The molecule has 3 heterocycles. The highest BCUT2D eigenvalue weighted by atomic mass is 16.3. The Labute approximate surface area is 130 Å². The fourth-order valence-electron chi connectivity index (χ4n) is 2.82. The summed E-state index contributed by atoms with van der Waals surface area (Å²) in [7, 11) is 1.77. The summed E-state index contributed by atoms with van der Waals surface area (Å²) in [5, 5.41) is 0. The molecule has 0 radical (unpaired) electrons. The fraction of sp³-hybridized carbons (Fsp3) is 0.500. The van der Waals surface area contributed by atoms with E-state index >= 15 is 0 Å². The summed E-state index contributed by atoms with van der Waals surface area (Å²) in [6, 6.07) is 3.69. The van der Waals surface area contributed by atoms with Gasteiger partial charge in [0.05, 0.1) is 19.4 Å². The first-order valence-corrected chi connectivity index (χ1v) is 7.73. The number of hydrogen-bond acceptors (Lipinski definition) is 4. The molecule has 0 bridgehead atoms. The largest absolute Gasteiger partial charge is 0.467 e. The lowest BCUT2D eigenvalue weighted by Crippen LogP contribution is -2.34. The Hall–Kier alpha value is -2.08. The summed E-state index contributed by atoms with van der Waals surface area (Å²) in [5.41, 5.74) is 0.516. The molecule has 0 unspecified atom stereocenters. The molecule has 22 heavy (non-hydrogen) atoms. The van der Waals surface area contributed by atoms with Gasteiger partial charge in [-0.1, -0.05) is 6.92 Å². The normalized spacial score (nSPS) is 14.8. The lowest BCUT2D eigenvalue weighted by molar-refractivity contribution is 0.0770. The summed E-state index contributed by atoms with van der Waals surface area (Å²) < 4.78 is 7.38. The van der Waals surface area contributed by atoms with Gasteiger partial charge in [0.1, 0.15) is 17.3 Å². The molecule has 0 fully saturated rings. The average Bonchev–Trinajstić information content (AvgIpc) is 3.15. The summed E-state index contributed by atoms with van der Waals surface area (Å²) in [6.07, 6.45) is 4.63. The van der Waals surface area contributed by atoms with Crippen molar-refractivity contribution >= 4 is 5.91 Å². The number of rotatable bonds is 5. The maximum Gasteiger partial charge on any atom is 0.274 e. The Morgan fingerprint density at radius 1 is 1.45 bits per heavy atom. The van der Waals surface area contributed by atoms with Gasteiger partial charge in [-0.25, -0.2) is 4.98 Å². The maximum atomic E-state index is 12.5. The van der Waals surface area contributed by atoms with Crippen LogP contribution in [0.15, 0.2) is 29.0 Å². The highest BCUT2D eigenvalue weighted by Gasteiger charge is 2.22. The van der Waals surface area contributed by atoms with Crippen molar-refractivity contribution in [3.8, 4) is 0 Å². The molecular formula is C16H22N4O2. The van der Waals surface area contributed by atoms with Gasteiger partial charge in [-0.15, -0.1) is 0 Å². The van der Waals surface area contributed by atoms with Gasteiger partial charge in [-0.3, -0.25) is 9.69 Å². The quantitative estimate of drug-likeness (QED) is 0.847. The first-order valence-electron chi connectivity index (χ1n) is 7.73. The number of fused-ring (bicyclic) bond motifs is 1. The van der Waals surface area contributed by atoms with Gasteiger partial charge in [-0.05, 0) is 25.1 Å². The standard InChI is InChI=1S/C16H22N4O2/c1-3-6-19-7-8-20-11-14(17-15(20)12-19)16(21)18(2)10-13-5-4-9-22-13/h4-5,9,11H,3,6-8,10,12H2,1-2H3. The SMILES string of the molecule is CCCN1CCn2cc(C(=O)N(C)Cc3ccco3)nc2C1. The molecule has 3 rings (SSSR count). The second-order valence-electron chi connectivity index (χ2n) is 5.75. The number of imidazole rings is 1. The molecule has 6 nitrogen and oxygen atoms in total. The fourth-order valence-corrected chi connectivity index (χ4v) is 2.82. The molecule has 118 valence electrons. The van der Waals surface area contributed by atoms with Crippen LogP contribution in [0.3, 0.4) is 0 Å². The Balaban J connectivity index is 1.69. The number of aromatic nitrogens is 2. The third-order valence-electron chi connectivity index (χ3n) is 3.96. The summed E-state index contributed by atoms with van der Waals surface area (Å²) >= 11 is 0. The van der Waals surface area contributed by atoms with Crippen LogP contribution in [0, 0.1) is 0 Å². The number of carbonyl (C=O) groups is 1. The number of amides is 1. The molecule has 0 saturated heterocycles.